The van der Waals surface area contributed by atoms with E-state index >= 15 is 0 Å². The highest BCUT2D eigenvalue weighted by molar-refractivity contribution is 6.15. The van der Waals surface area contributed by atoms with Gasteiger partial charge >= 0.3 is 0 Å². The highest BCUT2D eigenvalue weighted by atomic mass is 16.3. The van der Waals surface area contributed by atoms with Crippen molar-refractivity contribution in [2.75, 3.05) is 0 Å². The zero-order chi connectivity index (χ0) is 37.5. The molecule has 57 heavy (non-hydrogen) atoms. The summed E-state index contributed by atoms with van der Waals surface area (Å²) in [6.45, 7) is 0. The van der Waals surface area contributed by atoms with E-state index in [1.54, 1.807) is 0 Å². The number of fused-ring (bicyclic) bond motifs is 9. The first-order valence-electron chi connectivity index (χ1n) is 19.1. The van der Waals surface area contributed by atoms with Crippen molar-refractivity contribution in [1.82, 2.24) is 14.5 Å². The second-order valence-electron chi connectivity index (χ2n) is 14.5. The Balaban J connectivity index is 1.05. The van der Waals surface area contributed by atoms with Crippen LogP contribution in [0.25, 0.3) is 116 Å². The van der Waals surface area contributed by atoms with Crippen LogP contribution in [0.15, 0.2) is 197 Å². The number of hydrogen-bond acceptors (Lipinski definition) is 4. The molecule has 8 aromatic carbocycles. The molecule has 5 heteroatoms. The molecule has 12 rings (SSSR count). The molecule has 12 aromatic rings. The number of aromatic nitrogens is 3. The van der Waals surface area contributed by atoms with Crippen molar-refractivity contribution < 1.29 is 8.83 Å². The molecule has 0 atom stereocenters. The Kier molecular flexibility index (Phi) is 6.86. The summed E-state index contributed by atoms with van der Waals surface area (Å²) in [7, 11) is 0. The van der Waals surface area contributed by atoms with Gasteiger partial charge in [-0.25, -0.2) is 9.97 Å². The molecule has 4 aromatic heterocycles. The highest BCUT2D eigenvalue weighted by Gasteiger charge is 2.22. The fourth-order valence-electron chi connectivity index (χ4n) is 8.56. The normalized spacial score (nSPS) is 11.9. The van der Waals surface area contributed by atoms with Crippen LogP contribution in [0, 0.1) is 0 Å². The molecular formula is C52H31N3O2. The van der Waals surface area contributed by atoms with Gasteiger partial charge in [0.1, 0.15) is 28.0 Å². The number of rotatable bonds is 5. The minimum Gasteiger partial charge on any atom is -0.456 e. The van der Waals surface area contributed by atoms with Crippen LogP contribution >= 0.6 is 0 Å². The molecule has 0 spiro atoms. The molecule has 0 N–H and O–H groups in total. The van der Waals surface area contributed by atoms with Crippen LogP contribution in [-0.2, 0) is 0 Å². The van der Waals surface area contributed by atoms with Gasteiger partial charge in [0, 0.05) is 43.7 Å². The molecule has 0 unspecified atom stereocenters. The molecule has 0 fully saturated rings. The van der Waals surface area contributed by atoms with E-state index in [2.05, 4.69) is 156 Å². The lowest BCUT2D eigenvalue weighted by Crippen LogP contribution is -1.94. The summed E-state index contributed by atoms with van der Waals surface area (Å²) in [5.41, 5.74) is 14.4. The highest BCUT2D eigenvalue weighted by Crippen LogP contribution is 2.42. The fourth-order valence-corrected chi connectivity index (χ4v) is 8.56. The minimum atomic E-state index is 0.616. The Morgan fingerprint density at radius 3 is 1.88 bits per heavy atom. The maximum atomic E-state index is 6.64. The molecule has 0 saturated heterocycles. The molecule has 266 valence electrons. The van der Waals surface area contributed by atoms with Crippen molar-refractivity contribution >= 4 is 65.8 Å². The third-order valence-corrected chi connectivity index (χ3v) is 11.2. The number of benzene rings is 8. The van der Waals surface area contributed by atoms with Crippen molar-refractivity contribution in [1.29, 1.82) is 0 Å². The van der Waals surface area contributed by atoms with Gasteiger partial charge < -0.3 is 13.4 Å². The molecule has 0 aliphatic heterocycles. The van der Waals surface area contributed by atoms with Crippen LogP contribution in [-0.4, -0.2) is 14.5 Å². The van der Waals surface area contributed by atoms with E-state index in [-0.39, 0.29) is 0 Å². The molecule has 0 saturated carbocycles. The SMILES string of the molecule is c1ccc(-c2ccc3c(c2)oc2c(-c4ccccc4)nc(-c4cccc5oc6ccc(-c7ccc8c(c7)c7ccccc7n8-c7ccccc7)cc6c45)nc23)cc1. The van der Waals surface area contributed by atoms with Gasteiger partial charge in [0.05, 0.1) is 11.0 Å². The number of hydrogen-bond donors (Lipinski definition) is 0. The molecule has 4 heterocycles. The molecular weight excluding hydrogens is 699 g/mol. The summed E-state index contributed by atoms with van der Waals surface area (Å²) in [6.07, 6.45) is 0. The zero-order valence-electron chi connectivity index (χ0n) is 30.6. The summed E-state index contributed by atoms with van der Waals surface area (Å²) in [6, 6.07) is 65.5. The van der Waals surface area contributed by atoms with Gasteiger partial charge in [-0.05, 0) is 82.9 Å². The average Bonchev–Trinajstić information content (AvgIpc) is 3.95. The molecule has 5 nitrogen and oxygen atoms in total. The van der Waals surface area contributed by atoms with Crippen molar-refractivity contribution in [2.24, 2.45) is 0 Å². The second kappa shape index (κ2) is 12.4. The van der Waals surface area contributed by atoms with Crippen molar-refractivity contribution in [3.05, 3.63) is 188 Å². The summed E-state index contributed by atoms with van der Waals surface area (Å²) in [4.78, 5) is 10.6. The molecule has 0 bridgehead atoms. The number of furan rings is 2. The predicted octanol–water partition coefficient (Wildman–Crippen LogP) is 14.0. The van der Waals surface area contributed by atoms with Crippen molar-refractivity contribution in [3.8, 4) is 50.6 Å². The van der Waals surface area contributed by atoms with Gasteiger partial charge in [-0.1, -0.05) is 127 Å². The Morgan fingerprint density at radius 1 is 0.386 bits per heavy atom. The zero-order valence-corrected chi connectivity index (χ0v) is 30.6. The van der Waals surface area contributed by atoms with Gasteiger partial charge in [0.15, 0.2) is 11.4 Å². The number of para-hydroxylation sites is 2. The topological polar surface area (TPSA) is 57.0 Å². The van der Waals surface area contributed by atoms with E-state index < -0.39 is 0 Å². The van der Waals surface area contributed by atoms with E-state index in [0.717, 1.165) is 83.2 Å². The third kappa shape index (κ3) is 4.96. The Morgan fingerprint density at radius 2 is 1.05 bits per heavy atom. The molecule has 0 radical (unpaired) electrons. The first kappa shape index (κ1) is 31.6. The van der Waals surface area contributed by atoms with Crippen LogP contribution in [0.3, 0.4) is 0 Å². The largest absolute Gasteiger partial charge is 0.456 e. The van der Waals surface area contributed by atoms with Crippen LogP contribution in [0.2, 0.25) is 0 Å². The van der Waals surface area contributed by atoms with Crippen LogP contribution in [0.5, 0.6) is 0 Å². The fraction of sp³-hybridized carbons (Fsp3) is 0. The lowest BCUT2D eigenvalue weighted by Gasteiger charge is -2.08. The Hall–Kier alpha value is -7.76. The lowest BCUT2D eigenvalue weighted by atomic mass is 9.99. The smallest absolute Gasteiger partial charge is 0.180 e. The summed E-state index contributed by atoms with van der Waals surface area (Å²) in [5.74, 6) is 0.616. The van der Waals surface area contributed by atoms with Crippen molar-refractivity contribution in [2.45, 2.75) is 0 Å². The van der Waals surface area contributed by atoms with E-state index in [9.17, 15) is 0 Å². The summed E-state index contributed by atoms with van der Waals surface area (Å²) >= 11 is 0. The van der Waals surface area contributed by atoms with Gasteiger partial charge in [0.25, 0.3) is 0 Å². The van der Waals surface area contributed by atoms with E-state index in [1.165, 1.54) is 21.8 Å². The quantitative estimate of drug-likeness (QED) is 0.177. The second-order valence-corrected chi connectivity index (χ2v) is 14.5. The molecule has 0 aliphatic carbocycles. The molecule has 0 aliphatic rings. The average molecular weight is 730 g/mol. The van der Waals surface area contributed by atoms with Gasteiger partial charge in [-0.2, -0.15) is 0 Å². The first-order valence-corrected chi connectivity index (χ1v) is 19.1. The lowest BCUT2D eigenvalue weighted by molar-refractivity contribution is 0.667. The summed E-state index contributed by atoms with van der Waals surface area (Å²) in [5, 5.41) is 5.37. The Labute approximate surface area is 326 Å². The summed E-state index contributed by atoms with van der Waals surface area (Å²) < 4.78 is 15.5. The van der Waals surface area contributed by atoms with E-state index in [0.29, 0.717) is 11.4 Å². The molecule has 0 amide bonds. The monoisotopic (exact) mass is 729 g/mol. The van der Waals surface area contributed by atoms with Crippen LogP contribution in [0.4, 0.5) is 0 Å². The number of nitrogens with zero attached hydrogens (tertiary/aromatic N) is 3. The van der Waals surface area contributed by atoms with Crippen LogP contribution < -0.4 is 0 Å². The maximum absolute atomic E-state index is 6.64. The van der Waals surface area contributed by atoms with Crippen molar-refractivity contribution in [3.63, 3.8) is 0 Å². The van der Waals surface area contributed by atoms with Gasteiger partial charge in [0.2, 0.25) is 0 Å². The standard InChI is InChI=1S/C52H31N3O2/c1-4-13-32(14-5-1)36-23-26-39-47(31-36)57-51-49(33-15-6-2-7-16-33)53-52(54-50(39)51)40-20-12-22-46-48(40)42-30-35(25-28-45(42)56-46)34-24-27-44-41(29-34)38-19-10-11-21-43(38)55(44)37-17-8-3-9-18-37/h1-31H. The van der Waals surface area contributed by atoms with E-state index in [1.807, 2.05) is 36.4 Å². The minimum absolute atomic E-state index is 0.616. The van der Waals surface area contributed by atoms with Gasteiger partial charge in [-0.15, -0.1) is 0 Å². The third-order valence-electron chi connectivity index (χ3n) is 11.2. The first-order chi connectivity index (χ1) is 28.2. The predicted molar refractivity (Wildman–Crippen MR) is 233 cm³/mol. The van der Waals surface area contributed by atoms with Crippen LogP contribution in [0.1, 0.15) is 0 Å². The maximum Gasteiger partial charge on any atom is 0.180 e. The van der Waals surface area contributed by atoms with E-state index in [4.69, 9.17) is 18.8 Å². The van der Waals surface area contributed by atoms with Gasteiger partial charge in [-0.3, -0.25) is 0 Å². The Bertz CT molecular complexity index is 3510.